The molecule has 0 aliphatic heterocycles. The molecule has 2 saturated carbocycles. The molecule has 2 aliphatic rings. The molecule has 4 rings (SSSR count). The van der Waals surface area contributed by atoms with E-state index in [2.05, 4.69) is 17.1 Å². The lowest BCUT2D eigenvalue weighted by Crippen LogP contribution is -2.25. The van der Waals surface area contributed by atoms with Crippen LogP contribution in [0, 0.1) is 38.5 Å². The van der Waals surface area contributed by atoms with Crippen molar-refractivity contribution in [1.29, 1.82) is 0 Å². The second kappa shape index (κ2) is 6.22. The minimum absolute atomic E-state index is 0.148. The Labute approximate surface area is 154 Å². The first-order valence-electron chi connectivity index (χ1n) is 9.46. The molecular formula is C19H27N3O3S. The Morgan fingerprint density at radius 2 is 2.04 bits per heavy atom. The summed E-state index contributed by atoms with van der Waals surface area (Å²) in [5.41, 5.74) is 2.17. The first-order chi connectivity index (χ1) is 12.3. The number of imidazole rings is 1. The van der Waals surface area contributed by atoms with Crippen LogP contribution in [0.15, 0.2) is 15.7 Å². The summed E-state index contributed by atoms with van der Waals surface area (Å²) in [7, 11) is -3.59. The highest BCUT2D eigenvalue weighted by Crippen LogP contribution is 2.52. The lowest BCUT2D eigenvalue weighted by atomic mass is 9.84. The Hall–Kier alpha value is -1.63. The monoisotopic (exact) mass is 377 g/mol. The van der Waals surface area contributed by atoms with Crippen molar-refractivity contribution in [2.24, 2.45) is 17.8 Å². The number of aryl methyl sites for hydroxylation is 2. The molecule has 142 valence electrons. The summed E-state index contributed by atoms with van der Waals surface area (Å²) < 4.78 is 33.2. The van der Waals surface area contributed by atoms with Gasteiger partial charge in [0.25, 0.3) is 0 Å². The topological polar surface area (TPSA) is 78.0 Å². The van der Waals surface area contributed by atoms with Crippen molar-refractivity contribution < 1.29 is 12.9 Å². The van der Waals surface area contributed by atoms with Crippen molar-refractivity contribution in [3.63, 3.8) is 0 Å². The smallest absolute Gasteiger partial charge is 0.228 e. The van der Waals surface area contributed by atoms with Crippen LogP contribution in [0.5, 0.6) is 0 Å². The maximum atomic E-state index is 13.1. The van der Waals surface area contributed by atoms with E-state index in [4.69, 9.17) is 4.52 Å². The molecule has 0 N–H and O–H groups in total. The van der Waals surface area contributed by atoms with Gasteiger partial charge in [-0.05, 0) is 64.7 Å². The number of hydrogen-bond donors (Lipinski definition) is 0. The van der Waals surface area contributed by atoms with Crippen LogP contribution in [0.4, 0.5) is 0 Å². The van der Waals surface area contributed by atoms with E-state index in [1.165, 1.54) is 25.7 Å². The number of nitrogens with zero attached hydrogens (tertiary/aromatic N) is 3. The molecule has 2 fully saturated rings. The van der Waals surface area contributed by atoms with Crippen LogP contribution in [0.2, 0.25) is 0 Å². The SMILES string of the molecule is Cc1cc(CS(=O)(=O)c2nc(C)c(C)n2[C@@H](C)[C@H]2C[C@H]3CC[C@H]2C3)no1. The highest BCUT2D eigenvalue weighted by atomic mass is 32.2. The van der Waals surface area contributed by atoms with E-state index in [0.29, 0.717) is 17.4 Å². The molecule has 6 nitrogen and oxygen atoms in total. The third-order valence-corrected chi connectivity index (χ3v) is 7.99. The first kappa shape index (κ1) is 17.8. The van der Waals surface area contributed by atoms with E-state index in [0.717, 1.165) is 23.2 Å². The van der Waals surface area contributed by atoms with Gasteiger partial charge in [0.1, 0.15) is 11.5 Å². The lowest BCUT2D eigenvalue weighted by Gasteiger charge is -2.30. The second-order valence-corrected chi connectivity index (χ2v) is 10.1. The molecule has 0 saturated heterocycles. The molecule has 7 heteroatoms. The van der Waals surface area contributed by atoms with Crippen LogP contribution in [0.25, 0.3) is 0 Å². The average molecular weight is 378 g/mol. The standard InChI is InChI=1S/C19H27N3O3S/c1-11-7-17(21-25-11)10-26(23,24)19-20-12(2)13(3)22(19)14(4)18-9-15-5-6-16(18)8-15/h7,14-16,18H,5-6,8-10H2,1-4H3/t14-,15-,16-,18+/m0/s1. The zero-order chi connectivity index (χ0) is 18.6. The Morgan fingerprint density at radius 3 is 2.62 bits per heavy atom. The van der Waals surface area contributed by atoms with Gasteiger partial charge in [-0.3, -0.25) is 0 Å². The molecule has 2 heterocycles. The summed E-state index contributed by atoms with van der Waals surface area (Å²) in [4.78, 5) is 4.46. The minimum atomic E-state index is -3.59. The van der Waals surface area contributed by atoms with Crippen LogP contribution in [-0.4, -0.2) is 23.1 Å². The van der Waals surface area contributed by atoms with E-state index < -0.39 is 9.84 Å². The van der Waals surface area contributed by atoms with E-state index >= 15 is 0 Å². The molecule has 26 heavy (non-hydrogen) atoms. The fraction of sp³-hybridized carbons (Fsp3) is 0.684. The van der Waals surface area contributed by atoms with Gasteiger partial charge in [0.05, 0.1) is 11.4 Å². The Morgan fingerprint density at radius 1 is 1.27 bits per heavy atom. The van der Waals surface area contributed by atoms with E-state index in [1.54, 1.807) is 13.0 Å². The summed E-state index contributed by atoms with van der Waals surface area (Å²) in [6, 6.07) is 1.82. The van der Waals surface area contributed by atoms with Crippen molar-refractivity contribution in [2.45, 2.75) is 70.3 Å². The van der Waals surface area contributed by atoms with Gasteiger partial charge in [-0.1, -0.05) is 11.6 Å². The third-order valence-electron chi connectivity index (χ3n) is 6.47. The first-order valence-corrected chi connectivity index (χ1v) is 11.1. The van der Waals surface area contributed by atoms with Crippen molar-refractivity contribution in [3.8, 4) is 0 Å². The van der Waals surface area contributed by atoms with Gasteiger partial charge in [-0.15, -0.1) is 0 Å². The summed E-state index contributed by atoms with van der Waals surface area (Å²) in [6.45, 7) is 7.79. The summed E-state index contributed by atoms with van der Waals surface area (Å²) in [6.07, 6.45) is 5.14. The van der Waals surface area contributed by atoms with Crippen LogP contribution < -0.4 is 0 Å². The van der Waals surface area contributed by atoms with Crippen molar-refractivity contribution >= 4 is 9.84 Å². The summed E-state index contributed by atoms with van der Waals surface area (Å²) in [5, 5.41) is 4.03. The van der Waals surface area contributed by atoms with E-state index in [1.807, 2.05) is 18.4 Å². The fourth-order valence-electron chi connectivity index (χ4n) is 5.12. The maximum absolute atomic E-state index is 13.1. The maximum Gasteiger partial charge on any atom is 0.228 e. The third kappa shape index (κ3) is 2.90. The molecule has 0 radical (unpaired) electrons. The van der Waals surface area contributed by atoms with E-state index in [-0.39, 0.29) is 17.0 Å². The van der Waals surface area contributed by atoms with Gasteiger partial charge in [0.15, 0.2) is 0 Å². The number of sulfone groups is 1. The molecule has 0 spiro atoms. The summed E-state index contributed by atoms with van der Waals surface area (Å²) in [5.74, 6) is 2.54. The number of rotatable bonds is 5. The average Bonchev–Trinajstić information content (AvgIpc) is 3.33. The lowest BCUT2D eigenvalue weighted by molar-refractivity contribution is 0.231. The summed E-state index contributed by atoms with van der Waals surface area (Å²) >= 11 is 0. The molecule has 2 aliphatic carbocycles. The second-order valence-electron chi connectivity index (χ2n) is 8.20. The quantitative estimate of drug-likeness (QED) is 0.792. The Balaban J connectivity index is 1.69. The Bertz CT molecular complexity index is 928. The normalized spacial score (nSPS) is 26.5. The van der Waals surface area contributed by atoms with Gasteiger partial charge in [-0.2, -0.15) is 0 Å². The van der Waals surface area contributed by atoms with Gasteiger partial charge < -0.3 is 9.09 Å². The van der Waals surface area contributed by atoms with Gasteiger partial charge in [0.2, 0.25) is 15.0 Å². The molecule has 2 bridgehead atoms. The molecule has 4 atom stereocenters. The van der Waals surface area contributed by atoms with Gasteiger partial charge >= 0.3 is 0 Å². The molecular weight excluding hydrogens is 350 g/mol. The number of hydrogen-bond acceptors (Lipinski definition) is 5. The van der Waals surface area contributed by atoms with Crippen molar-refractivity contribution in [1.82, 2.24) is 14.7 Å². The van der Waals surface area contributed by atoms with Gasteiger partial charge in [0, 0.05) is 17.8 Å². The molecule has 2 aromatic rings. The highest BCUT2D eigenvalue weighted by Gasteiger charge is 2.43. The molecule has 0 amide bonds. The predicted molar refractivity (Wildman–Crippen MR) is 97.5 cm³/mol. The molecule has 0 aromatic carbocycles. The van der Waals surface area contributed by atoms with Crippen molar-refractivity contribution in [2.75, 3.05) is 0 Å². The minimum Gasteiger partial charge on any atom is -0.361 e. The van der Waals surface area contributed by atoms with Crippen molar-refractivity contribution in [3.05, 3.63) is 28.9 Å². The van der Waals surface area contributed by atoms with Crippen LogP contribution >= 0.6 is 0 Å². The van der Waals surface area contributed by atoms with E-state index in [9.17, 15) is 8.42 Å². The van der Waals surface area contributed by atoms with Crippen LogP contribution in [0.1, 0.15) is 61.5 Å². The molecule has 2 aromatic heterocycles. The highest BCUT2D eigenvalue weighted by molar-refractivity contribution is 7.90. The van der Waals surface area contributed by atoms with Gasteiger partial charge in [-0.25, -0.2) is 13.4 Å². The van der Waals surface area contributed by atoms with Crippen LogP contribution in [0.3, 0.4) is 0 Å². The zero-order valence-corrected chi connectivity index (χ0v) is 16.7. The van der Waals surface area contributed by atoms with Crippen LogP contribution in [-0.2, 0) is 15.6 Å². The number of aromatic nitrogens is 3. The Kier molecular flexibility index (Phi) is 4.25. The fourth-order valence-corrected chi connectivity index (χ4v) is 6.65. The predicted octanol–water partition coefficient (Wildman–Crippen LogP) is 3.77. The molecule has 0 unspecified atom stereocenters. The number of fused-ring (bicyclic) bond motifs is 2. The largest absolute Gasteiger partial charge is 0.361 e. The zero-order valence-electron chi connectivity index (χ0n) is 15.9.